The second kappa shape index (κ2) is 7.32. The molecule has 0 saturated heterocycles. The number of halogens is 1. The van der Waals surface area contributed by atoms with Gasteiger partial charge in [0.2, 0.25) is 0 Å². The van der Waals surface area contributed by atoms with Gasteiger partial charge < -0.3 is 9.64 Å². The lowest BCUT2D eigenvalue weighted by Crippen LogP contribution is -2.44. The summed E-state index contributed by atoms with van der Waals surface area (Å²) in [5.74, 6) is -0.474. The third-order valence-corrected chi connectivity index (χ3v) is 5.17. The van der Waals surface area contributed by atoms with E-state index in [-0.39, 0.29) is 29.5 Å². The summed E-state index contributed by atoms with van der Waals surface area (Å²) >= 11 is 0. The summed E-state index contributed by atoms with van der Waals surface area (Å²) < 4.78 is 18.7. The van der Waals surface area contributed by atoms with E-state index in [9.17, 15) is 14.0 Å². The van der Waals surface area contributed by atoms with Crippen molar-refractivity contribution in [2.75, 3.05) is 7.11 Å². The minimum absolute atomic E-state index is 0.151. The first kappa shape index (κ1) is 16.9. The van der Waals surface area contributed by atoms with Crippen LogP contribution < -0.4 is 0 Å². The Hall–Kier alpha value is -1.91. The molecule has 2 saturated carbocycles. The predicted octanol–water partition coefficient (Wildman–Crippen LogP) is 3.55. The monoisotopic (exact) mass is 333 g/mol. The molecule has 24 heavy (non-hydrogen) atoms. The van der Waals surface area contributed by atoms with Crippen LogP contribution in [0.25, 0.3) is 0 Å². The zero-order valence-electron chi connectivity index (χ0n) is 14.0. The normalized spacial score (nSPS) is 23.6. The van der Waals surface area contributed by atoms with Crippen LogP contribution in [0.1, 0.15) is 55.3 Å². The van der Waals surface area contributed by atoms with Gasteiger partial charge in [-0.15, -0.1) is 0 Å². The highest BCUT2D eigenvalue weighted by Gasteiger charge is 2.39. The fourth-order valence-electron chi connectivity index (χ4n) is 3.70. The lowest BCUT2D eigenvalue weighted by Gasteiger charge is -2.37. The Morgan fingerprint density at radius 1 is 1.08 bits per heavy atom. The summed E-state index contributed by atoms with van der Waals surface area (Å²) in [6, 6.07) is 6.61. The number of ether oxygens (including phenoxy) is 1. The van der Waals surface area contributed by atoms with Gasteiger partial charge in [0.25, 0.3) is 5.91 Å². The van der Waals surface area contributed by atoms with Crippen molar-refractivity contribution in [2.24, 2.45) is 5.92 Å². The number of carbonyl (C=O) groups is 2. The van der Waals surface area contributed by atoms with Crippen LogP contribution in [-0.4, -0.2) is 36.0 Å². The van der Waals surface area contributed by atoms with Crippen LogP contribution in [0.4, 0.5) is 4.39 Å². The maximum atomic E-state index is 14.0. The van der Waals surface area contributed by atoms with Crippen molar-refractivity contribution >= 4 is 11.9 Å². The molecule has 0 spiro atoms. The van der Waals surface area contributed by atoms with E-state index in [0.717, 1.165) is 38.5 Å². The van der Waals surface area contributed by atoms with Gasteiger partial charge in [0.15, 0.2) is 0 Å². The smallest absolute Gasteiger partial charge is 0.305 e. The Morgan fingerprint density at radius 3 is 2.21 bits per heavy atom. The van der Waals surface area contributed by atoms with Gasteiger partial charge in [-0.3, -0.25) is 9.59 Å². The molecular formula is C19H24FNO3. The zero-order valence-corrected chi connectivity index (χ0v) is 14.0. The SMILES string of the molecule is COC(=O)CC1CCC(N(C(=O)c2ccccc2F)C2CC2)CC1. The van der Waals surface area contributed by atoms with Crippen LogP contribution in [0.3, 0.4) is 0 Å². The lowest BCUT2D eigenvalue weighted by atomic mass is 9.83. The number of amides is 1. The molecule has 1 aromatic rings. The molecule has 0 heterocycles. The van der Waals surface area contributed by atoms with Crippen molar-refractivity contribution in [2.45, 2.75) is 57.0 Å². The molecule has 0 N–H and O–H groups in total. The Kier molecular flexibility index (Phi) is 5.17. The number of rotatable bonds is 5. The summed E-state index contributed by atoms with van der Waals surface area (Å²) in [5.41, 5.74) is 0.168. The van der Waals surface area contributed by atoms with Crippen molar-refractivity contribution in [1.29, 1.82) is 0 Å². The molecule has 3 rings (SSSR count). The van der Waals surface area contributed by atoms with Gasteiger partial charge in [0.1, 0.15) is 5.82 Å². The Morgan fingerprint density at radius 2 is 1.67 bits per heavy atom. The zero-order chi connectivity index (χ0) is 17.1. The third kappa shape index (κ3) is 3.77. The first-order chi connectivity index (χ1) is 11.6. The van der Waals surface area contributed by atoms with Gasteiger partial charge in [-0.1, -0.05) is 12.1 Å². The standard InChI is InChI=1S/C19H24FNO3/c1-24-18(22)12-13-6-8-14(9-7-13)21(15-10-11-15)19(23)16-4-2-3-5-17(16)20/h2-5,13-15H,6-12H2,1H3. The van der Waals surface area contributed by atoms with Crippen molar-refractivity contribution in [1.82, 2.24) is 4.90 Å². The summed E-state index contributed by atoms with van der Waals surface area (Å²) in [6.07, 6.45) is 6.02. The van der Waals surface area contributed by atoms with E-state index in [1.165, 1.54) is 13.2 Å². The molecule has 0 atom stereocenters. The highest BCUT2D eigenvalue weighted by atomic mass is 19.1. The van der Waals surface area contributed by atoms with E-state index in [4.69, 9.17) is 4.74 Å². The quantitative estimate of drug-likeness (QED) is 0.774. The molecule has 0 aromatic heterocycles. The van der Waals surface area contributed by atoms with Gasteiger partial charge in [-0.2, -0.15) is 0 Å². The third-order valence-electron chi connectivity index (χ3n) is 5.17. The molecule has 4 nitrogen and oxygen atoms in total. The second-order valence-electron chi connectivity index (χ2n) is 6.88. The fourth-order valence-corrected chi connectivity index (χ4v) is 3.70. The molecule has 0 unspecified atom stereocenters. The number of hydrogen-bond donors (Lipinski definition) is 0. The Labute approximate surface area is 142 Å². The number of nitrogens with zero attached hydrogens (tertiary/aromatic N) is 1. The maximum Gasteiger partial charge on any atom is 0.305 e. The highest BCUT2D eigenvalue weighted by Crippen LogP contribution is 2.37. The summed E-state index contributed by atoms with van der Waals surface area (Å²) in [5, 5.41) is 0. The van der Waals surface area contributed by atoms with Gasteiger partial charge >= 0.3 is 5.97 Å². The van der Waals surface area contributed by atoms with Gasteiger partial charge in [-0.05, 0) is 56.6 Å². The van der Waals surface area contributed by atoms with E-state index in [2.05, 4.69) is 0 Å². The fraction of sp³-hybridized carbons (Fsp3) is 0.579. The molecule has 2 aliphatic carbocycles. The van der Waals surface area contributed by atoms with E-state index in [1.54, 1.807) is 18.2 Å². The van der Waals surface area contributed by atoms with Crippen LogP contribution in [0, 0.1) is 11.7 Å². The molecular weight excluding hydrogens is 309 g/mol. The number of benzene rings is 1. The van der Waals surface area contributed by atoms with Gasteiger partial charge in [0.05, 0.1) is 12.7 Å². The predicted molar refractivity (Wildman–Crippen MR) is 88.0 cm³/mol. The van der Waals surface area contributed by atoms with E-state index >= 15 is 0 Å². The van der Waals surface area contributed by atoms with Gasteiger partial charge in [-0.25, -0.2) is 4.39 Å². The van der Waals surface area contributed by atoms with E-state index in [1.807, 2.05) is 4.90 Å². The average Bonchev–Trinajstić information content (AvgIpc) is 3.41. The topological polar surface area (TPSA) is 46.6 Å². The molecule has 0 radical (unpaired) electrons. The number of esters is 1. The Bertz CT molecular complexity index is 606. The van der Waals surface area contributed by atoms with Crippen LogP contribution in [0.2, 0.25) is 0 Å². The molecule has 2 fully saturated rings. The summed E-state index contributed by atoms with van der Waals surface area (Å²) in [6.45, 7) is 0. The average molecular weight is 333 g/mol. The first-order valence-electron chi connectivity index (χ1n) is 8.74. The highest BCUT2D eigenvalue weighted by molar-refractivity contribution is 5.95. The number of hydrogen-bond acceptors (Lipinski definition) is 3. The van der Waals surface area contributed by atoms with E-state index < -0.39 is 5.82 Å². The Balaban J connectivity index is 1.66. The molecule has 1 amide bonds. The maximum absolute atomic E-state index is 14.0. The molecule has 1 aromatic carbocycles. The lowest BCUT2D eigenvalue weighted by molar-refractivity contribution is -0.142. The molecule has 5 heteroatoms. The van der Waals surface area contributed by atoms with Crippen molar-refractivity contribution in [3.63, 3.8) is 0 Å². The minimum Gasteiger partial charge on any atom is -0.469 e. The van der Waals surface area contributed by atoms with Crippen molar-refractivity contribution in [3.05, 3.63) is 35.6 Å². The summed E-state index contributed by atoms with van der Waals surface area (Å²) in [4.78, 5) is 26.2. The van der Waals surface area contributed by atoms with Crippen molar-refractivity contribution in [3.8, 4) is 0 Å². The molecule has 0 bridgehead atoms. The number of carbonyl (C=O) groups excluding carboxylic acids is 2. The summed E-state index contributed by atoms with van der Waals surface area (Å²) in [7, 11) is 1.41. The molecule has 0 aliphatic heterocycles. The van der Waals surface area contributed by atoms with Crippen LogP contribution in [0.5, 0.6) is 0 Å². The van der Waals surface area contributed by atoms with Crippen molar-refractivity contribution < 1.29 is 18.7 Å². The molecule has 130 valence electrons. The first-order valence-corrected chi connectivity index (χ1v) is 8.74. The van der Waals surface area contributed by atoms with E-state index in [0.29, 0.717) is 12.3 Å². The van der Waals surface area contributed by atoms with Crippen LogP contribution in [0.15, 0.2) is 24.3 Å². The van der Waals surface area contributed by atoms with Gasteiger partial charge in [0, 0.05) is 18.5 Å². The van der Waals surface area contributed by atoms with Crippen LogP contribution in [-0.2, 0) is 9.53 Å². The number of methoxy groups -OCH3 is 1. The largest absolute Gasteiger partial charge is 0.469 e. The molecule has 2 aliphatic rings. The minimum atomic E-state index is -0.451. The second-order valence-corrected chi connectivity index (χ2v) is 6.88. The van der Waals surface area contributed by atoms with Crippen LogP contribution >= 0.6 is 0 Å².